The number of likely N-dealkylation sites (tertiary alicyclic amines) is 1. The van der Waals surface area contributed by atoms with Gasteiger partial charge in [-0.3, -0.25) is 10.9 Å². The first kappa shape index (κ1) is 12.9. The predicted octanol–water partition coefficient (Wildman–Crippen LogP) is 0.176. The van der Waals surface area contributed by atoms with Crippen LogP contribution in [-0.2, 0) is 0 Å². The van der Waals surface area contributed by atoms with Crippen molar-refractivity contribution in [1.29, 1.82) is 0 Å². The van der Waals surface area contributed by atoms with E-state index in [2.05, 4.69) is 28.0 Å². The van der Waals surface area contributed by atoms with Crippen molar-refractivity contribution in [2.75, 3.05) is 45.8 Å². The molecule has 1 heterocycles. The minimum atomic E-state index is 0.988. The second kappa shape index (κ2) is 9.09. The second-order valence-corrected chi connectivity index (χ2v) is 4.11. The van der Waals surface area contributed by atoms with E-state index >= 15 is 0 Å². The van der Waals surface area contributed by atoms with E-state index in [1.807, 2.05) is 0 Å². The minimum absolute atomic E-state index is 0.988. The van der Waals surface area contributed by atoms with Gasteiger partial charge in [-0.25, -0.2) is 0 Å². The van der Waals surface area contributed by atoms with Crippen molar-refractivity contribution < 1.29 is 0 Å². The van der Waals surface area contributed by atoms with Crippen LogP contribution in [0, 0.1) is 0 Å². The van der Waals surface area contributed by atoms with Gasteiger partial charge in [-0.1, -0.05) is 6.92 Å². The van der Waals surface area contributed by atoms with Crippen LogP contribution in [0.5, 0.6) is 0 Å². The zero-order valence-corrected chi connectivity index (χ0v) is 10.0. The molecule has 3 N–H and O–H groups in total. The Morgan fingerprint density at radius 1 is 1.00 bits per heavy atom. The van der Waals surface area contributed by atoms with Crippen molar-refractivity contribution in [3.05, 3.63) is 0 Å². The lowest BCUT2D eigenvalue weighted by Gasteiger charge is -2.14. The van der Waals surface area contributed by atoms with Crippen molar-refractivity contribution in [2.45, 2.75) is 26.2 Å². The number of hydrogen-bond acceptors (Lipinski definition) is 4. The van der Waals surface area contributed by atoms with Gasteiger partial charge in [-0.05, 0) is 38.9 Å². The van der Waals surface area contributed by atoms with Crippen LogP contribution >= 0.6 is 0 Å². The summed E-state index contributed by atoms with van der Waals surface area (Å²) in [5, 5.41) is 3.48. The average molecular weight is 214 g/mol. The topological polar surface area (TPSA) is 39.3 Å². The molecule has 4 nitrogen and oxygen atoms in total. The molecule has 0 radical (unpaired) electrons. The lowest BCUT2D eigenvalue weighted by Crippen LogP contribution is -2.35. The van der Waals surface area contributed by atoms with Gasteiger partial charge in [0.05, 0.1) is 0 Å². The van der Waals surface area contributed by atoms with Gasteiger partial charge in [-0.15, -0.1) is 0 Å². The minimum Gasteiger partial charge on any atom is -0.315 e. The Balaban J connectivity index is 1.73. The molecule has 15 heavy (non-hydrogen) atoms. The monoisotopic (exact) mass is 214 g/mol. The van der Waals surface area contributed by atoms with Gasteiger partial charge in [0.25, 0.3) is 0 Å². The van der Waals surface area contributed by atoms with E-state index in [1.54, 1.807) is 0 Å². The summed E-state index contributed by atoms with van der Waals surface area (Å²) in [4.78, 5) is 2.55. The molecule has 0 amide bonds. The molecule has 0 unspecified atom stereocenters. The molecular weight excluding hydrogens is 188 g/mol. The van der Waals surface area contributed by atoms with Crippen LogP contribution in [0.25, 0.3) is 0 Å². The highest BCUT2D eigenvalue weighted by Gasteiger charge is 2.09. The molecule has 0 bridgehead atoms. The SMILES string of the molecule is CCNNCCCNCCN1CCCC1. The van der Waals surface area contributed by atoms with Crippen LogP contribution < -0.4 is 16.2 Å². The van der Waals surface area contributed by atoms with Gasteiger partial charge in [0, 0.05) is 26.2 Å². The molecule has 0 atom stereocenters. The Morgan fingerprint density at radius 3 is 2.53 bits per heavy atom. The van der Waals surface area contributed by atoms with Gasteiger partial charge in [-0.2, -0.15) is 0 Å². The summed E-state index contributed by atoms with van der Waals surface area (Å²) in [6.07, 6.45) is 3.98. The predicted molar refractivity (Wildman–Crippen MR) is 64.8 cm³/mol. The molecule has 1 aliphatic rings. The highest BCUT2D eigenvalue weighted by molar-refractivity contribution is 4.66. The summed E-state index contributed by atoms with van der Waals surface area (Å²) in [6, 6.07) is 0. The second-order valence-electron chi connectivity index (χ2n) is 4.11. The van der Waals surface area contributed by atoms with Gasteiger partial charge < -0.3 is 10.2 Å². The van der Waals surface area contributed by atoms with Crippen molar-refractivity contribution >= 4 is 0 Å². The van der Waals surface area contributed by atoms with Crippen molar-refractivity contribution in [1.82, 2.24) is 21.1 Å². The third-order valence-corrected chi connectivity index (χ3v) is 2.76. The van der Waals surface area contributed by atoms with E-state index in [1.165, 1.54) is 38.9 Å². The maximum Gasteiger partial charge on any atom is 0.0112 e. The molecule has 4 heteroatoms. The molecule has 0 aliphatic carbocycles. The Labute approximate surface area is 93.8 Å². The lowest BCUT2D eigenvalue weighted by atomic mass is 10.4. The zero-order valence-electron chi connectivity index (χ0n) is 10.0. The quantitative estimate of drug-likeness (QED) is 0.378. The molecule has 0 saturated carbocycles. The fourth-order valence-corrected chi connectivity index (χ4v) is 1.88. The van der Waals surface area contributed by atoms with Crippen molar-refractivity contribution in [2.24, 2.45) is 0 Å². The summed E-state index contributed by atoms with van der Waals surface area (Å²) in [6.45, 7) is 10.2. The fourth-order valence-electron chi connectivity index (χ4n) is 1.88. The third-order valence-electron chi connectivity index (χ3n) is 2.76. The molecule has 0 aromatic carbocycles. The Kier molecular flexibility index (Phi) is 7.83. The van der Waals surface area contributed by atoms with Crippen LogP contribution in [0.3, 0.4) is 0 Å². The largest absolute Gasteiger partial charge is 0.315 e. The smallest absolute Gasteiger partial charge is 0.0112 e. The first-order valence-electron chi connectivity index (χ1n) is 6.32. The standard InChI is InChI=1S/C11H26N4/c1-2-13-14-7-5-6-12-8-11-15-9-3-4-10-15/h12-14H,2-11H2,1H3. The summed E-state index contributed by atoms with van der Waals surface area (Å²) in [5.74, 6) is 0. The van der Waals surface area contributed by atoms with E-state index < -0.39 is 0 Å². The highest BCUT2D eigenvalue weighted by atomic mass is 15.3. The number of hydrogen-bond donors (Lipinski definition) is 3. The Hall–Kier alpha value is -0.160. The number of rotatable bonds is 9. The van der Waals surface area contributed by atoms with E-state index in [9.17, 15) is 0 Å². The maximum absolute atomic E-state index is 3.48. The Morgan fingerprint density at radius 2 is 1.80 bits per heavy atom. The van der Waals surface area contributed by atoms with E-state index in [0.717, 1.165) is 26.2 Å². The molecule has 1 fully saturated rings. The highest BCUT2D eigenvalue weighted by Crippen LogP contribution is 2.05. The van der Waals surface area contributed by atoms with Gasteiger partial charge >= 0.3 is 0 Å². The average Bonchev–Trinajstić information content (AvgIpc) is 2.75. The zero-order chi connectivity index (χ0) is 10.8. The molecule has 1 rings (SSSR count). The normalized spacial score (nSPS) is 17.4. The molecule has 0 aromatic heterocycles. The summed E-state index contributed by atoms with van der Waals surface area (Å²) < 4.78 is 0. The van der Waals surface area contributed by atoms with E-state index in [-0.39, 0.29) is 0 Å². The van der Waals surface area contributed by atoms with Crippen LogP contribution in [0.15, 0.2) is 0 Å². The molecular formula is C11H26N4. The first-order chi connectivity index (χ1) is 7.43. The maximum atomic E-state index is 3.48. The lowest BCUT2D eigenvalue weighted by molar-refractivity contribution is 0.335. The Bertz CT molecular complexity index is 135. The van der Waals surface area contributed by atoms with Gasteiger partial charge in [0.1, 0.15) is 0 Å². The molecule has 0 aromatic rings. The summed E-state index contributed by atoms with van der Waals surface area (Å²) in [7, 11) is 0. The number of hydrazine groups is 1. The van der Waals surface area contributed by atoms with E-state index in [0.29, 0.717) is 0 Å². The van der Waals surface area contributed by atoms with Crippen molar-refractivity contribution in [3.63, 3.8) is 0 Å². The number of nitrogens with one attached hydrogen (secondary N) is 3. The summed E-state index contributed by atoms with van der Waals surface area (Å²) in [5.41, 5.74) is 6.26. The van der Waals surface area contributed by atoms with E-state index in [4.69, 9.17) is 0 Å². The number of nitrogens with zero attached hydrogens (tertiary/aromatic N) is 1. The molecule has 90 valence electrons. The van der Waals surface area contributed by atoms with Crippen LogP contribution in [0.2, 0.25) is 0 Å². The molecule has 1 aliphatic heterocycles. The van der Waals surface area contributed by atoms with Gasteiger partial charge in [0.15, 0.2) is 0 Å². The molecule has 1 saturated heterocycles. The third kappa shape index (κ3) is 6.84. The van der Waals surface area contributed by atoms with Gasteiger partial charge in [0.2, 0.25) is 0 Å². The molecule has 0 spiro atoms. The summed E-state index contributed by atoms with van der Waals surface area (Å²) >= 11 is 0. The van der Waals surface area contributed by atoms with Crippen molar-refractivity contribution in [3.8, 4) is 0 Å². The van der Waals surface area contributed by atoms with Crippen LogP contribution in [-0.4, -0.2) is 50.7 Å². The fraction of sp³-hybridized carbons (Fsp3) is 1.00. The first-order valence-corrected chi connectivity index (χ1v) is 6.32. The van der Waals surface area contributed by atoms with Crippen LogP contribution in [0.1, 0.15) is 26.2 Å². The van der Waals surface area contributed by atoms with Crippen LogP contribution in [0.4, 0.5) is 0 Å².